The van der Waals surface area contributed by atoms with Gasteiger partial charge in [0.2, 0.25) is 0 Å². The lowest BCUT2D eigenvalue weighted by Gasteiger charge is -2.19. The van der Waals surface area contributed by atoms with Crippen LogP contribution in [0.25, 0.3) is 0 Å². The predicted molar refractivity (Wildman–Crippen MR) is 89.6 cm³/mol. The lowest BCUT2D eigenvalue weighted by molar-refractivity contribution is -0.145. The molecule has 1 fully saturated rings. The largest absolute Gasteiger partial charge is 0.469 e. The van der Waals surface area contributed by atoms with Gasteiger partial charge in [0.25, 0.3) is 0 Å². The third kappa shape index (κ3) is 3.39. The number of hydrogen-bond acceptors (Lipinski definition) is 4. The summed E-state index contributed by atoms with van der Waals surface area (Å²) in [4.78, 5) is 23.2. The van der Waals surface area contributed by atoms with Crippen LogP contribution in [0.3, 0.4) is 0 Å². The molecule has 2 aromatic rings. The summed E-state index contributed by atoms with van der Waals surface area (Å²) in [5.74, 6) is -0.544. The highest BCUT2D eigenvalue weighted by molar-refractivity contribution is 5.79. The molecule has 0 N–H and O–H groups in total. The van der Waals surface area contributed by atoms with Gasteiger partial charge in [0, 0.05) is 12.0 Å². The van der Waals surface area contributed by atoms with Crippen LogP contribution < -0.4 is 0 Å². The first-order valence-corrected chi connectivity index (χ1v) is 7.97. The van der Waals surface area contributed by atoms with E-state index in [1.807, 2.05) is 48.5 Å². The van der Waals surface area contributed by atoms with Crippen LogP contribution in [0.15, 0.2) is 54.6 Å². The van der Waals surface area contributed by atoms with Crippen LogP contribution in [0, 0.1) is 5.92 Å². The van der Waals surface area contributed by atoms with E-state index in [-0.39, 0.29) is 11.9 Å². The Balaban J connectivity index is 1.79. The SMILES string of the molecule is COC(=O)[C@H]1C[C@]1(Cc1ccccc1C=O)OCc1ccccc1. The monoisotopic (exact) mass is 324 g/mol. The van der Waals surface area contributed by atoms with Crippen LogP contribution >= 0.6 is 0 Å². The molecule has 1 aliphatic carbocycles. The highest BCUT2D eigenvalue weighted by Crippen LogP contribution is 2.50. The first-order valence-electron chi connectivity index (χ1n) is 7.97. The molecule has 0 aliphatic heterocycles. The molecule has 1 saturated carbocycles. The lowest BCUT2D eigenvalue weighted by Crippen LogP contribution is -2.25. The zero-order valence-electron chi connectivity index (χ0n) is 13.6. The van der Waals surface area contributed by atoms with Gasteiger partial charge in [-0.15, -0.1) is 0 Å². The molecule has 2 aromatic carbocycles. The van der Waals surface area contributed by atoms with Crippen LogP contribution in [0.1, 0.15) is 27.9 Å². The number of esters is 1. The summed E-state index contributed by atoms with van der Waals surface area (Å²) in [6.45, 7) is 0.428. The molecule has 0 heterocycles. The van der Waals surface area contributed by atoms with Gasteiger partial charge in [-0.2, -0.15) is 0 Å². The van der Waals surface area contributed by atoms with E-state index in [0.29, 0.717) is 25.0 Å². The molecule has 4 heteroatoms. The average molecular weight is 324 g/mol. The van der Waals surface area contributed by atoms with Gasteiger partial charge in [-0.25, -0.2) is 0 Å². The third-order valence-electron chi connectivity index (χ3n) is 4.55. The van der Waals surface area contributed by atoms with Crippen molar-refractivity contribution < 1.29 is 19.1 Å². The Morgan fingerprint density at radius 3 is 2.58 bits per heavy atom. The smallest absolute Gasteiger partial charge is 0.311 e. The van der Waals surface area contributed by atoms with Gasteiger partial charge in [-0.3, -0.25) is 9.59 Å². The maximum absolute atomic E-state index is 12.0. The molecule has 0 saturated heterocycles. The molecule has 3 rings (SSSR count). The van der Waals surface area contributed by atoms with E-state index in [0.717, 1.165) is 17.4 Å². The molecular weight excluding hydrogens is 304 g/mol. The summed E-state index contributed by atoms with van der Waals surface area (Å²) >= 11 is 0. The number of carbonyl (C=O) groups is 2. The topological polar surface area (TPSA) is 52.6 Å². The van der Waals surface area contributed by atoms with Crippen molar-refractivity contribution in [2.75, 3.05) is 7.11 Å². The van der Waals surface area contributed by atoms with Gasteiger partial charge in [0.05, 0.1) is 25.2 Å². The number of benzene rings is 2. The van der Waals surface area contributed by atoms with E-state index in [9.17, 15) is 9.59 Å². The Bertz CT molecular complexity index is 725. The quantitative estimate of drug-likeness (QED) is 0.580. The highest BCUT2D eigenvalue weighted by atomic mass is 16.5. The number of methoxy groups -OCH3 is 1. The molecule has 0 bridgehead atoms. The van der Waals surface area contributed by atoms with Gasteiger partial charge in [-0.05, 0) is 17.5 Å². The minimum absolute atomic E-state index is 0.258. The standard InChI is InChI=1S/C20H20O4/c1-23-19(22)18-12-20(18,24-14-15-7-3-2-4-8-15)11-16-9-5-6-10-17(16)13-21/h2-10,13,18H,11-12,14H2,1H3/t18-,20+/m1/s1. The van der Waals surface area contributed by atoms with Crippen LogP contribution in [-0.2, 0) is 27.3 Å². The Labute approximate surface area is 141 Å². The summed E-state index contributed by atoms with van der Waals surface area (Å²) < 4.78 is 11.0. The van der Waals surface area contributed by atoms with E-state index >= 15 is 0 Å². The van der Waals surface area contributed by atoms with Crippen LogP contribution in [-0.4, -0.2) is 25.0 Å². The van der Waals surface area contributed by atoms with Gasteiger partial charge < -0.3 is 9.47 Å². The van der Waals surface area contributed by atoms with E-state index in [4.69, 9.17) is 9.47 Å². The minimum Gasteiger partial charge on any atom is -0.469 e. The normalized spacial score (nSPS) is 22.0. The molecular formula is C20H20O4. The molecule has 0 radical (unpaired) electrons. The number of carbonyl (C=O) groups excluding carboxylic acids is 2. The van der Waals surface area contributed by atoms with Gasteiger partial charge in [0.1, 0.15) is 6.29 Å². The van der Waals surface area contributed by atoms with Crippen molar-refractivity contribution in [1.29, 1.82) is 0 Å². The van der Waals surface area contributed by atoms with Gasteiger partial charge >= 0.3 is 5.97 Å². The van der Waals surface area contributed by atoms with E-state index in [1.54, 1.807) is 6.07 Å². The summed E-state index contributed by atoms with van der Waals surface area (Å²) in [7, 11) is 1.39. The number of hydrogen-bond donors (Lipinski definition) is 0. The van der Waals surface area contributed by atoms with Crippen molar-refractivity contribution in [1.82, 2.24) is 0 Å². The zero-order valence-corrected chi connectivity index (χ0v) is 13.6. The van der Waals surface area contributed by atoms with Crippen molar-refractivity contribution in [2.45, 2.75) is 25.0 Å². The van der Waals surface area contributed by atoms with Crippen LogP contribution in [0.5, 0.6) is 0 Å². The Morgan fingerprint density at radius 1 is 1.17 bits per heavy atom. The van der Waals surface area contributed by atoms with Crippen molar-refractivity contribution >= 4 is 12.3 Å². The van der Waals surface area contributed by atoms with Gasteiger partial charge in [0.15, 0.2) is 0 Å². The lowest BCUT2D eigenvalue weighted by atomic mass is 9.99. The van der Waals surface area contributed by atoms with E-state index in [1.165, 1.54) is 7.11 Å². The van der Waals surface area contributed by atoms with Crippen LogP contribution in [0.4, 0.5) is 0 Å². The van der Waals surface area contributed by atoms with Crippen LogP contribution in [0.2, 0.25) is 0 Å². The minimum atomic E-state index is -0.595. The molecule has 0 amide bonds. The Morgan fingerprint density at radius 2 is 1.88 bits per heavy atom. The second-order valence-corrected chi connectivity index (χ2v) is 6.11. The second-order valence-electron chi connectivity index (χ2n) is 6.11. The molecule has 0 unspecified atom stereocenters. The van der Waals surface area contributed by atoms with E-state index in [2.05, 4.69) is 0 Å². The van der Waals surface area contributed by atoms with Crippen molar-refractivity contribution in [3.8, 4) is 0 Å². The fourth-order valence-corrected chi connectivity index (χ4v) is 3.07. The number of aldehydes is 1. The summed E-state index contributed by atoms with van der Waals surface area (Å²) in [6, 6.07) is 17.2. The Kier molecular flexibility index (Phi) is 4.76. The maximum atomic E-state index is 12.0. The van der Waals surface area contributed by atoms with Crippen molar-refractivity contribution in [3.63, 3.8) is 0 Å². The fourth-order valence-electron chi connectivity index (χ4n) is 3.07. The molecule has 124 valence electrons. The first kappa shape index (κ1) is 16.4. The predicted octanol–water partition coefficient (Wildman–Crippen LogP) is 3.19. The molecule has 2 atom stereocenters. The van der Waals surface area contributed by atoms with E-state index < -0.39 is 5.60 Å². The average Bonchev–Trinajstić information content (AvgIpc) is 3.35. The molecule has 24 heavy (non-hydrogen) atoms. The second kappa shape index (κ2) is 6.97. The highest BCUT2D eigenvalue weighted by Gasteiger charge is 2.60. The molecule has 4 nitrogen and oxygen atoms in total. The number of rotatable bonds is 7. The first-order chi connectivity index (χ1) is 11.7. The zero-order chi connectivity index (χ0) is 17.0. The Hall–Kier alpha value is -2.46. The molecule has 0 spiro atoms. The molecule has 0 aromatic heterocycles. The van der Waals surface area contributed by atoms with Gasteiger partial charge in [-0.1, -0.05) is 54.6 Å². The van der Waals surface area contributed by atoms with Crippen molar-refractivity contribution in [2.24, 2.45) is 5.92 Å². The fraction of sp³-hybridized carbons (Fsp3) is 0.300. The summed E-state index contributed by atoms with van der Waals surface area (Å²) in [6.07, 6.45) is 1.98. The summed E-state index contributed by atoms with van der Waals surface area (Å²) in [5, 5.41) is 0. The maximum Gasteiger partial charge on any atom is 0.311 e. The summed E-state index contributed by atoms with van der Waals surface area (Å²) in [5.41, 5.74) is 1.99. The van der Waals surface area contributed by atoms with Crippen molar-refractivity contribution in [3.05, 3.63) is 71.3 Å². The molecule has 1 aliphatic rings. The third-order valence-corrected chi connectivity index (χ3v) is 4.55. The number of ether oxygens (including phenoxy) is 2.